The number of thiophene rings is 1. The van der Waals surface area contributed by atoms with Crippen LogP contribution in [-0.2, 0) is 0 Å². The Bertz CT molecular complexity index is 822. The predicted molar refractivity (Wildman–Crippen MR) is 94.2 cm³/mol. The molecular weight excluding hydrogens is 308 g/mol. The van der Waals surface area contributed by atoms with E-state index in [1.807, 2.05) is 54.9 Å². The van der Waals surface area contributed by atoms with Gasteiger partial charge in [0.25, 0.3) is 5.91 Å². The van der Waals surface area contributed by atoms with E-state index < -0.39 is 0 Å². The molecule has 3 N–H and O–H groups in total. The van der Waals surface area contributed by atoms with Crippen LogP contribution >= 0.6 is 11.3 Å². The first-order valence-electron chi connectivity index (χ1n) is 7.63. The summed E-state index contributed by atoms with van der Waals surface area (Å²) in [5.74, 6) is 0.223. The summed E-state index contributed by atoms with van der Waals surface area (Å²) in [5.41, 5.74) is 7.51. The fourth-order valence-electron chi connectivity index (χ4n) is 2.34. The van der Waals surface area contributed by atoms with E-state index >= 15 is 0 Å². The highest BCUT2D eigenvalue weighted by Crippen LogP contribution is 2.30. The van der Waals surface area contributed by atoms with Gasteiger partial charge in [-0.3, -0.25) is 4.79 Å². The largest absolute Gasteiger partial charge is 0.351 e. The Labute approximate surface area is 139 Å². The maximum absolute atomic E-state index is 12.3. The van der Waals surface area contributed by atoms with Crippen molar-refractivity contribution in [3.63, 3.8) is 0 Å². The number of para-hydroxylation sites is 1. The summed E-state index contributed by atoms with van der Waals surface area (Å²) >= 11 is 1.46. The summed E-state index contributed by atoms with van der Waals surface area (Å²) < 4.78 is 1.90. The highest BCUT2D eigenvalue weighted by Gasteiger charge is 2.17. The first-order valence-corrected chi connectivity index (χ1v) is 8.44. The van der Waals surface area contributed by atoms with E-state index in [9.17, 15) is 4.79 Å². The van der Waals surface area contributed by atoms with Crippen LogP contribution in [0.2, 0.25) is 0 Å². The number of amides is 1. The molecule has 0 saturated heterocycles. The van der Waals surface area contributed by atoms with Crippen molar-refractivity contribution in [3.05, 3.63) is 47.0 Å². The molecule has 0 aliphatic rings. The normalized spacial score (nSPS) is 12.5. The maximum Gasteiger partial charge on any atom is 0.261 e. The molecule has 6 heteroatoms. The Morgan fingerprint density at radius 1 is 1.39 bits per heavy atom. The van der Waals surface area contributed by atoms with Crippen molar-refractivity contribution in [1.29, 1.82) is 0 Å². The zero-order valence-corrected chi connectivity index (χ0v) is 14.1. The van der Waals surface area contributed by atoms with Crippen LogP contribution in [0.15, 0.2) is 36.4 Å². The van der Waals surface area contributed by atoms with Crippen LogP contribution in [0, 0.1) is 12.8 Å². The number of hydrogen-bond acceptors (Lipinski definition) is 4. The molecule has 1 aromatic carbocycles. The number of fused-ring (bicyclic) bond motifs is 1. The number of carbonyl (C=O) groups excluding carboxylic acids is 1. The van der Waals surface area contributed by atoms with E-state index in [1.165, 1.54) is 11.3 Å². The summed E-state index contributed by atoms with van der Waals surface area (Å²) in [7, 11) is 0. The zero-order chi connectivity index (χ0) is 16.4. The molecule has 2 heterocycles. The third-order valence-electron chi connectivity index (χ3n) is 3.78. The second-order valence-electron chi connectivity index (χ2n) is 5.71. The zero-order valence-electron chi connectivity index (χ0n) is 13.2. The Kier molecular flexibility index (Phi) is 4.45. The lowest BCUT2D eigenvalue weighted by atomic mass is 10.2. The van der Waals surface area contributed by atoms with Gasteiger partial charge in [0.15, 0.2) is 0 Å². The van der Waals surface area contributed by atoms with E-state index in [1.54, 1.807) is 0 Å². The molecule has 5 nitrogen and oxygen atoms in total. The van der Waals surface area contributed by atoms with Crippen LogP contribution in [0.25, 0.3) is 15.9 Å². The summed E-state index contributed by atoms with van der Waals surface area (Å²) in [6.07, 6.45) is 0. The number of nitrogens with zero attached hydrogens (tertiary/aromatic N) is 2. The minimum atomic E-state index is -0.0505. The summed E-state index contributed by atoms with van der Waals surface area (Å²) in [4.78, 5) is 14.0. The summed E-state index contributed by atoms with van der Waals surface area (Å²) in [6, 6.07) is 11.9. The smallest absolute Gasteiger partial charge is 0.261 e. The highest BCUT2D eigenvalue weighted by atomic mass is 32.1. The van der Waals surface area contributed by atoms with Crippen molar-refractivity contribution in [1.82, 2.24) is 15.1 Å². The van der Waals surface area contributed by atoms with E-state index in [0.29, 0.717) is 18.0 Å². The van der Waals surface area contributed by atoms with E-state index in [2.05, 4.69) is 10.4 Å². The van der Waals surface area contributed by atoms with Gasteiger partial charge in [0.1, 0.15) is 4.83 Å². The fraction of sp³-hybridized carbons (Fsp3) is 0.294. The molecule has 3 rings (SSSR count). The molecule has 1 amide bonds. The number of nitrogens with one attached hydrogen (secondary N) is 1. The molecule has 1 unspecified atom stereocenters. The molecule has 0 aliphatic heterocycles. The van der Waals surface area contributed by atoms with Gasteiger partial charge >= 0.3 is 0 Å². The fourth-order valence-corrected chi connectivity index (χ4v) is 3.44. The van der Waals surface area contributed by atoms with Gasteiger partial charge in [0, 0.05) is 11.9 Å². The molecule has 0 bridgehead atoms. The molecule has 0 saturated carbocycles. The van der Waals surface area contributed by atoms with E-state index in [4.69, 9.17) is 5.73 Å². The van der Waals surface area contributed by atoms with Gasteiger partial charge in [0.2, 0.25) is 0 Å². The quantitative estimate of drug-likeness (QED) is 0.756. The van der Waals surface area contributed by atoms with Gasteiger partial charge in [-0.25, -0.2) is 4.68 Å². The van der Waals surface area contributed by atoms with E-state index in [-0.39, 0.29) is 11.8 Å². The number of rotatable bonds is 5. The van der Waals surface area contributed by atoms with Gasteiger partial charge in [-0.15, -0.1) is 11.3 Å². The van der Waals surface area contributed by atoms with Crippen LogP contribution in [0.5, 0.6) is 0 Å². The summed E-state index contributed by atoms with van der Waals surface area (Å²) in [5, 5.41) is 8.55. The Morgan fingerprint density at radius 2 is 2.13 bits per heavy atom. The lowest BCUT2D eigenvalue weighted by Crippen LogP contribution is -2.30. The lowest BCUT2D eigenvalue weighted by Gasteiger charge is -2.08. The average Bonchev–Trinajstić information content (AvgIpc) is 3.14. The number of nitrogens with two attached hydrogens (primary N) is 1. The molecule has 0 spiro atoms. The van der Waals surface area contributed by atoms with Gasteiger partial charge in [-0.05, 0) is 37.6 Å². The highest BCUT2D eigenvalue weighted by molar-refractivity contribution is 7.20. The third kappa shape index (κ3) is 3.13. The topological polar surface area (TPSA) is 72.9 Å². The van der Waals surface area contributed by atoms with Crippen LogP contribution in [0.3, 0.4) is 0 Å². The molecule has 0 fully saturated rings. The van der Waals surface area contributed by atoms with Crippen molar-refractivity contribution >= 4 is 27.5 Å². The monoisotopic (exact) mass is 328 g/mol. The third-order valence-corrected chi connectivity index (χ3v) is 4.89. The Balaban J connectivity index is 1.92. The van der Waals surface area contributed by atoms with Gasteiger partial charge in [-0.2, -0.15) is 5.10 Å². The van der Waals surface area contributed by atoms with Crippen molar-refractivity contribution in [2.45, 2.75) is 13.8 Å². The Hall–Kier alpha value is -2.18. The number of carbonyl (C=O) groups is 1. The van der Waals surface area contributed by atoms with Crippen molar-refractivity contribution < 1.29 is 4.79 Å². The molecule has 2 aromatic heterocycles. The molecule has 1 atom stereocenters. The number of hydrogen-bond donors (Lipinski definition) is 2. The minimum Gasteiger partial charge on any atom is -0.351 e. The molecule has 0 aliphatic carbocycles. The molecular formula is C17H20N4OS. The van der Waals surface area contributed by atoms with Crippen LogP contribution in [0.4, 0.5) is 0 Å². The molecule has 3 aromatic rings. The van der Waals surface area contributed by atoms with Crippen LogP contribution < -0.4 is 11.1 Å². The molecule has 23 heavy (non-hydrogen) atoms. The van der Waals surface area contributed by atoms with Gasteiger partial charge < -0.3 is 11.1 Å². The lowest BCUT2D eigenvalue weighted by molar-refractivity contribution is 0.0952. The minimum absolute atomic E-state index is 0.0505. The Morgan fingerprint density at radius 3 is 2.83 bits per heavy atom. The van der Waals surface area contributed by atoms with Crippen LogP contribution in [-0.4, -0.2) is 28.8 Å². The standard InChI is InChI=1S/C17H20N4OS/c1-11(9-18)10-19-16(22)15-8-14-12(2)20-21(17(14)23-15)13-6-4-3-5-7-13/h3-8,11H,9-10,18H2,1-2H3,(H,19,22). The first-order chi connectivity index (χ1) is 11.1. The average molecular weight is 328 g/mol. The van der Waals surface area contributed by atoms with Crippen LogP contribution in [0.1, 0.15) is 22.3 Å². The SMILES string of the molecule is Cc1nn(-c2ccccc2)c2sc(C(=O)NCC(C)CN)cc12. The maximum atomic E-state index is 12.3. The molecule has 0 radical (unpaired) electrons. The van der Waals surface area contributed by atoms with Crippen molar-refractivity contribution in [3.8, 4) is 5.69 Å². The van der Waals surface area contributed by atoms with Crippen molar-refractivity contribution in [2.24, 2.45) is 11.7 Å². The van der Waals surface area contributed by atoms with E-state index in [0.717, 1.165) is 21.6 Å². The second-order valence-corrected chi connectivity index (χ2v) is 6.74. The first kappa shape index (κ1) is 15.7. The number of benzene rings is 1. The second kappa shape index (κ2) is 6.52. The predicted octanol–water partition coefficient (Wildman–Crippen LogP) is 2.72. The molecule has 120 valence electrons. The van der Waals surface area contributed by atoms with Crippen molar-refractivity contribution in [2.75, 3.05) is 13.1 Å². The number of aryl methyl sites for hydroxylation is 1. The number of aromatic nitrogens is 2. The van der Waals surface area contributed by atoms with Gasteiger partial charge in [-0.1, -0.05) is 25.1 Å². The van der Waals surface area contributed by atoms with Gasteiger partial charge in [0.05, 0.1) is 16.3 Å². The summed E-state index contributed by atoms with van der Waals surface area (Å²) in [6.45, 7) is 5.14.